The van der Waals surface area contributed by atoms with Crippen molar-refractivity contribution in [1.29, 1.82) is 0 Å². The molecular weight excluding hydrogens is 334 g/mol. The van der Waals surface area contributed by atoms with Crippen LogP contribution < -0.4 is 4.90 Å². The quantitative estimate of drug-likeness (QED) is 0.594. The van der Waals surface area contributed by atoms with E-state index < -0.39 is 16.6 Å². The molecule has 0 saturated heterocycles. The number of nitro groups is 1. The number of anilines is 1. The smallest absolute Gasteiger partial charge is 0.414 e. The first-order valence-electron chi connectivity index (χ1n) is 8.01. The first-order valence-corrected chi connectivity index (χ1v) is 8.01. The van der Waals surface area contributed by atoms with Crippen LogP contribution in [0.25, 0.3) is 12.2 Å². The van der Waals surface area contributed by atoms with E-state index in [-0.39, 0.29) is 5.82 Å². The van der Waals surface area contributed by atoms with E-state index in [2.05, 4.69) is 4.98 Å². The topological polar surface area (TPSA) is 85.6 Å². The Morgan fingerprint density at radius 2 is 1.77 bits per heavy atom. The largest absolute Gasteiger partial charge is 0.443 e. The Labute approximate surface area is 152 Å². The van der Waals surface area contributed by atoms with Crippen LogP contribution in [-0.2, 0) is 4.74 Å². The molecule has 0 unspecified atom stereocenters. The summed E-state index contributed by atoms with van der Waals surface area (Å²) < 4.78 is 5.33. The summed E-state index contributed by atoms with van der Waals surface area (Å²) in [5.74, 6) is -0.193. The highest BCUT2D eigenvalue weighted by molar-refractivity contribution is 5.87. The molecule has 1 aromatic heterocycles. The molecule has 1 amide bonds. The van der Waals surface area contributed by atoms with Gasteiger partial charge in [-0.1, -0.05) is 24.3 Å². The summed E-state index contributed by atoms with van der Waals surface area (Å²) in [6, 6.07) is 10.4. The molecule has 0 atom stereocenters. The highest BCUT2D eigenvalue weighted by atomic mass is 16.6. The zero-order valence-electron chi connectivity index (χ0n) is 15.2. The van der Waals surface area contributed by atoms with Crippen LogP contribution in [0.2, 0.25) is 0 Å². The van der Waals surface area contributed by atoms with Gasteiger partial charge in [0.25, 0.3) is 0 Å². The van der Waals surface area contributed by atoms with Crippen molar-refractivity contribution in [3.05, 3.63) is 63.8 Å². The van der Waals surface area contributed by atoms with Gasteiger partial charge in [0.15, 0.2) is 0 Å². The number of nitrogens with zero attached hydrogens (tertiary/aromatic N) is 3. The fourth-order valence-corrected chi connectivity index (χ4v) is 2.07. The van der Waals surface area contributed by atoms with Gasteiger partial charge in [-0.25, -0.2) is 4.79 Å². The minimum atomic E-state index is -0.554. The Morgan fingerprint density at radius 3 is 2.35 bits per heavy atom. The molecule has 0 fully saturated rings. The van der Waals surface area contributed by atoms with Crippen molar-refractivity contribution in [2.45, 2.75) is 26.4 Å². The lowest BCUT2D eigenvalue weighted by Crippen LogP contribution is -2.34. The summed E-state index contributed by atoms with van der Waals surface area (Å²) >= 11 is 0. The van der Waals surface area contributed by atoms with Gasteiger partial charge in [0.2, 0.25) is 0 Å². The molecule has 7 nitrogen and oxygen atoms in total. The number of amides is 1. The van der Waals surface area contributed by atoms with E-state index in [1.54, 1.807) is 31.3 Å². The predicted molar refractivity (Wildman–Crippen MR) is 101 cm³/mol. The number of benzene rings is 1. The number of rotatable bonds is 4. The third kappa shape index (κ3) is 5.41. The van der Waals surface area contributed by atoms with Crippen molar-refractivity contribution in [3.63, 3.8) is 0 Å². The molecule has 0 saturated carbocycles. The molecule has 136 valence electrons. The van der Waals surface area contributed by atoms with Crippen LogP contribution in [0.1, 0.15) is 31.9 Å². The highest BCUT2D eigenvalue weighted by Gasteiger charge is 2.20. The van der Waals surface area contributed by atoms with Gasteiger partial charge in [-0.05, 0) is 60.0 Å². The van der Waals surface area contributed by atoms with Gasteiger partial charge < -0.3 is 14.9 Å². The van der Waals surface area contributed by atoms with Gasteiger partial charge in [0.05, 0.1) is 0 Å². The fourth-order valence-electron chi connectivity index (χ4n) is 2.07. The highest BCUT2D eigenvalue weighted by Crippen LogP contribution is 2.19. The Balaban J connectivity index is 2.08. The Hall–Kier alpha value is -3.22. The van der Waals surface area contributed by atoms with Crippen LogP contribution in [0.4, 0.5) is 16.3 Å². The lowest BCUT2D eigenvalue weighted by Gasteiger charge is -2.24. The van der Waals surface area contributed by atoms with E-state index >= 15 is 0 Å². The van der Waals surface area contributed by atoms with Gasteiger partial charge in [-0.3, -0.25) is 4.90 Å². The second-order valence-corrected chi connectivity index (χ2v) is 6.67. The minimum absolute atomic E-state index is 0.193. The standard InChI is InChI=1S/C19H21N3O4/c1-19(2,3)26-18(23)21(4)16-9-7-14(8-10-16)5-6-15-11-12-20-17(13-15)22(24)25/h5-13H,1-4H3. The zero-order valence-corrected chi connectivity index (χ0v) is 15.2. The molecule has 0 aliphatic carbocycles. The van der Waals surface area contributed by atoms with Gasteiger partial charge in [0.1, 0.15) is 11.8 Å². The van der Waals surface area contributed by atoms with Crippen molar-refractivity contribution in [1.82, 2.24) is 4.98 Å². The summed E-state index contributed by atoms with van der Waals surface area (Å²) in [5, 5.41) is 10.7. The van der Waals surface area contributed by atoms with E-state index in [4.69, 9.17) is 4.74 Å². The average Bonchev–Trinajstić information content (AvgIpc) is 2.58. The Morgan fingerprint density at radius 1 is 1.15 bits per heavy atom. The minimum Gasteiger partial charge on any atom is -0.443 e. The second kappa shape index (κ2) is 7.77. The van der Waals surface area contributed by atoms with Crippen LogP contribution in [0.3, 0.4) is 0 Å². The summed E-state index contributed by atoms with van der Waals surface area (Å²) in [6.45, 7) is 5.45. The SMILES string of the molecule is CN(C(=O)OC(C)(C)C)c1ccc(C=Cc2ccnc([N+](=O)[O-])c2)cc1. The van der Waals surface area contributed by atoms with E-state index in [0.717, 1.165) is 5.56 Å². The summed E-state index contributed by atoms with van der Waals surface area (Å²) in [6.07, 6.45) is 4.57. The average molecular weight is 355 g/mol. The van der Waals surface area contributed by atoms with Crippen molar-refractivity contribution >= 4 is 29.8 Å². The van der Waals surface area contributed by atoms with E-state index in [0.29, 0.717) is 11.3 Å². The van der Waals surface area contributed by atoms with Gasteiger partial charge >= 0.3 is 11.9 Å². The Bertz CT molecular complexity index is 823. The van der Waals surface area contributed by atoms with Crippen LogP contribution in [-0.4, -0.2) is 28.6 Å². The lowest BCUT2D eigenvalue weighted by molar-refractivity contribution is -0.389. The number of ether oxygens (including phenoxy) is 1. The molecule has 0 radical (unpaired) electrons. The molecule has 1 heterocycles. The van der Waals surface area contributed by atoms with Crippen molar-refractivity contribution in [2.75, 3.05) is 11.9 Å². The maximum Gasteiger partial charge on any atom is 0.414 e. The molecule has 2 rings (SSSR count). The first-order chi connectivity index (χ1) is 12.2. The molecule has 0 bridgehead atoms. The van der Waals surface area contributed by atoms with Crippen molar-refractivity contribution < 1.29 is 14.5 Å². The first kappa shape index (κ1) is 19.1. The molecule has 0 aliphatic heterocycles. The molecule has 0 aliphatic rings. The number of carbonyl (C=O) groups is 1. The summed E-state index contributed by atoms with van der Waals surface area (Å²) in [7, 11) is 1.65. The predicted octanol–water partition coefficient (Wildman–Crippen LogP) is 4.53. The lowest BCUT2D eigenvalue weighted by atomic mass is 10.1. The zero-order chi connectivity index (χ0) is 19.3. The molecule has 0 spiro atoms. The number of hydrogen-bond donors (Lipinski definition) is 0. The van der Waals surface area contributed by atoms with Gasteiger partial charge in [0, 0.05) is 18.8 Å². The molecule has 1 aromatic carbocycles. The third-order valence-electron chi connectivity index (χ3n) is 3.37. The van der Waals surface area contributed by atoms with Crippen LogP contribution in [0, 0.1) is 10.1 Å². The van der Waals surface area contributed by atoms with Gasteiger partial charge in [-0.15, -0.1) is 0 Å². The molecular formula is C19H21N3O4. The summed E-state index contributed by atoms with van der Waals surface area (Å²) in [5.41, 5.74) is 1.73. The number of hydrogen-bond acceptors (Lipinski definition) is 5. The monoisotopic (exact) mass is 355 g/mol. The Kier molecular flexibility index (Phi) is 5.71. The number of aromatic nitrogens is 1. The molecule has 26 heavy (non-hydrogen) atoms. The van der Waals surface area contributed by atoms with E-state index in [1.165, 1.54) is 17.2 Å². The maximum absolute atomic E-state index is 12.1. The van der Waals surface area contributed by atoms with Crippen LogP contribution in [0.15, 0.2) is 42.6 Å². The third-order valence-corrected chi connectivity index (χ3v) is 3.37. The van der Waals surface area contributed by atoms with Crippen LogP contribution >= 0.6 is 0 Å². The summed E-state index contributed by atoms with van der Waals surface area (Å²) in [4.78, 5) is 27.4. The van der Waals surface area contributed by atoms with E-state index in [9.17, 15) is 14.9 Å². The molecule has 2 aromatic rings. The van der Waals surface area contributed by atoms with Crippen LogP contribution in [0.5, 0.6) is 0 Å². The molecule has 0 N–H and O–H groups in total. The molecule has 7 heteroatoms. The maximum atomic E-state index is 12.1. The number of carbonyl (C=O) groups excluding carboxylic acids is 1. The normalized spacial score (nSPS) is 11.4. The number of pyridine rings is 1. The second-order valence-electron chi connectivity index (χ2n) is 6.67. The van der Waals surface area contributed by atoms with Gasteiger partial charge in [-0.2, -0.15) is 0 Å². The van der Waals surface area contributed by atoms with Crippen molar-refractivity contribution in [2.24, 2.45) is 0 Å². The van der Waals surface area contributed by atoms with Crippen molar-refractivity contribution in [3.8, 4) is 0 Å². The van der Waals surface area contributed by atoms with E-state index in [1.807, 2.05) is 39.0 Å². The fraction of sp³-hybridized carbons (Fsp3) is 0.263.